The molecule has 0 aliphatic heterocycles. The quantitative estimate of drug-likeness (QED) is 0.677. The number of aromatic hydroxyl groups is 1. The van der Waals surface area contributed by atoms with Gasteiger partial charge in [-0.2, -0.15) is 4.37 Å². The minimum absolute atomic E-state index is 0.00423. The van der Waals surface area contributed by atoms with Crippen molar-refractivity contribution in [3.63, 3.8) is 0 Å². The number of carbonyl (C=O) groups excluding carboxylic acids is 1. The number of nitrogens with zero attached hydrogens (tertiary/aromatic N) is 2. The molecule has 0 saturated heterocycles. The van der Waals surface area contributed by atoms with Crippen LogP contribution in [0.2, 0.25) is 0 Å². The van der Waals surface area contributed by atoms with Crippen LogP contribution in [0.1, 0.15) is 35.6 Å². The summed E-state index contributed by atoms with van der Waals surface area (Å²) in [5.74, 6) is 1.62. The van der Waals surface area contributed by atoms with Gasteiger partial charge in [-0.25, -0.2) is 4.98 Å². The summed E-state index contributed by atoms with van der Waals surface area (Å²) in [4.78, 5) is 15.7. The predicted octanol–water partition coefficient (Wildman–Crippen LogP) is 3.30. The Balaban J connectivity index is 2.10. The maximum Gasteiger partial charge on any atom is 0.170 e. The monoisotopic (exact) mass is 294 g/mol. The Morgan fingerprint density at radius 3 is 2.89 bits per heavy atom. The van der Waals surface area contributed by atoms with E-state index in [4.69, 9.17) is 0 Å². The Morgan fingerprint density at radius 1 is 1.47 bits per heavy atom. The summed E-state index contributed by atoms with van der Waals surface area (Å²) in [5.41, 5.74) is 1.35. The van der Waals surface area contributed by atoms with Gasteiger partial charge in [0.2, 0.25) is 0 Å². The highest BCUT2D eigenvalue weighted by molar-refractivity contribution is 8.00. The number of rotatable bonds is 5. The van der Waals surface area contributed by atoms with Gasteiger partial charge in [-0.05, 0) is 36.7 Å². The largest absolute Gasteiger partial charge is 0.508 e. The van der Waals surface area contributed by atoms with Crippen molar-refractivity contribution in [3.05, 3.63) is 35.2 Å². The van der Waals surface area contributed by atoms with E-state index in [9.17, 15) is 9.90 Å². The first-order valence-corrected chi connectivity index (χ1v) is 7.64. The van der Waals surface area contributed by atoms with E-state index in [0.29, 0.717) is 11.3 Å². The maximum atomic E-state index is 11.3. The van der Waals surface area contributed by atoms with Crippen molar-refractivity contribution in [1.29, 1.82) is 0 Å². The molecule has 2 aromatic rings. The first kappa shape index (κ1) is 14.0. The molecule has 0 amide bonds. The second kappa shape index (κ2) is 6.16. The third-order valence-electron chi connectivity index (χ3n) is 2.60. The van der Waals surface area contributed by atoms with Crippen molar-refractivity contribution < 1.29 is 9.90 Å². The lowest BCUT2D eigenvalue weighted by molar-refractivity contribution is 0.101. The molecule has 1 N–H and O–H groups in total. The molecule has 19 heavy (non-hydrogen) atoms. The standard InChI is InChI=1S/C13H14N2O2S2/c1-3-12-14-13(19-15-12)18-7-10-6-9(8(2)16)4-5-11(10)17/h4-6,17H,3,7H2,1-2H3. The summed E-state index contributed by atoms with van der Waals surface area (Å²) in [5, 5.41) is 9.79. The van der Waals surface area contributed by atoms with Crippen molar-refractivity contribution >= 4 is 29.1 Å². The van der Waals surface area contributed by atoms with Crippen molar-refractivity contribution in [2.24, 2.45) is 0 Å². The second-order valence-corrected chi connectivity index (χ2v) is 5.99. The molecule has 1 aromatic carbocycles. The van der Waals surface area contributed by atoms with Crippen LogP contribution in [0.3, 0.4) is 0 Å². The zero-order valence-electron chi connectivity index (χ0n) is 10.7. The molecule has 2 rings (SSSR count). The van der Waals surface area contributed by atoms with Crippen LogP contribution in [0.15, 0.2) is 22.5 Å². The Morgan fingerprint density at radius 2 is 2.26 bits per heavy atom. The molecule has 0 unspecified atom stereocenters. The van der Waals surface area contributed by atoms with Crippen LogP contribution >= 0.6 is 23.3 Å². The SMILES string of the molecule is CCc1nsc(SCc2cc(C(C)=O)ccc2O)n1. The van der Waals surface area contributed by atoms with Crippen LogP contribution < -0.4 is 0 Å². The lowest BCUT2D eigenvalue weighted by Crippen LogP contribution is -1.93. The highest BCUT2D eigenvalue weighted by Crippen LogP contribution is 2.29. The van der Waals surface area contributed by atoms with Gasteiger partial charge in [0.25, 0.3) is 0 Å². The molecule has 0 bridgehead atoms. The van der Waals surface area contributed by atoms with E-state index in [-0.39, 0.29) is 11.5 Å². The number of aromatic nitrogens is 2. The molecule has 0 aliphatic carbocycles. The summed E-state index contributed by atoms with van der Waals surface area (Å²) in [7, 11) is 0. The van der Waals surface area contributed by atoms with Gasteiger partial charge < -0.3 is 5.11 Å². The van der Waals surface area contributed by atoms with Crippen molar-refractivity contribution in [2.75, 3.05) is 0 Å². The predicted molar refractivity (Wildman–Crippen MR) is 77.0 cm³/mol. The number of carbonyl (C=O) groups is 1. The van der Waals surface area contributed by atoms with E-state index in [2.05, 4.69) is 9.36 Å². The summed E-state index contributed by atoms with van der Waals surface area (Å²) < 4.78 is 5.09. The van der Waals surface area contributed by atoms with Crippen molar-refractivity contribution in [1.82, 2.24) is 9.36 Å². The first-order valence-electron chi connectivity index (χ1n) is 5.88. The summed E-state index contributed by atoms with van der Waals surface area (Å²) in [6.07, 6.45) is 0.822. The van der Waals surface area contributed by atoms with Crippen LogP contribution in [0.25, 0.3) is 0 Å². The Kier molecular flexibility index (Phi) is 4.55. The van der Waals surface area contributed by atoms with Crippen LogP contribution in [0.5, 0.6) is 5.75 Å². The molecule has 1 aromatic heterocycles. The average molecular weight is 294 g/mol. The fourth-order valence-electron chi connectivity index (χ4n) is 1.50. The number of ketones is 1. The van der Waals surface area contributed by atoms with Gasteiger partial charge >= 0.3 is 0 Å². The number of Topliss-reactive ketones (excluding diaryl/α,β-unsaturated/α-hetero) is 1. The van der Waals surface area contributed by atoms with E-state index in [1.165, 1.54) is 30.2 Å². The third kappa shape index (κ3) is 3.54. The molecule has 0 fully saturated rings. The molecular formula is C13H14N2O2S2. The van der Waals surface area contributed by atoms with E-state index in [1.54, 1.807) is 18.2 Å². The summed E-state index contributed by atoms with van der Waals surface area (Å²) in [6.45, 7) is 3.53. The van der Waals surface area contributed by atoms with Crippen LogP contribution in [0.4, 0.5) is 0 Å². The van der Waals surface area contributed by atoms with Crippen molar-refractivity contribution in [2.45, 2.75) is 30.4 Å². The highest BCUT2D eigenvalue weighted by Gasteiger charge is 2.08. The number of benzene rings is 1. The van der Waals surface area contributed by atoms with E-state index in [0.717, 1.165) is 22.1 Å². The summed E-state index contributed by atoms with van der Waals surface area (Å²) >= 11 is 2.88. The highest BCUT2D eigenvalue weighted by atomic mass is 32.2. The smallest absolute Gasteiger partial charge is 0.170 e. The molecule has 100 valence electrons. The van der Waals surface area contributed by atoms with E-state index in [1.807, 2.05) is 6.92 Å². The molecular weight excluding hydrogens is 280 g/mol. The van der Waals surface area contributed by atoms with Crippen LogP contribution in [-0.4, -0.2) is 20.2 Å². The maximum absolute atomic E-state index is 11.3. The van der Waals surface area contributed by atoms with E-state index >= 15 is 0 Å². The van der Waals surface area contributed by atoms with Gasteiger partial charge in [0.15, 0.2) is 10.1 Å². The Bertz CT molecular complexity index is 596. The third-order valence-corrected chi connectivity index (χ3v) is 4.52. The van der Waals surface area contributed by atoms with Gasteiger partial charge in [-0.15, -0.1) is 0 Å². The van der Waals surface area contributed by atoms with E-state index < -0.39 is 0 Å². The molecule has 0 aliphatic rings. The molecule has 0 saturated carbocycles. The van der Waals surface area contributed by atoms with Gasteiger partial charge in [0.1, 0.15) is 11.6 Å². The normalized spacial score (nSPS) is 10.6. The zero-order chi connectivity index (χ0) is 13.8. The van der Waals surface area contributed by atoms with Crippen molar-refractivity contribution in [3.8, 4) is 5.75 Å². The fourth-order valence-corrected chi connectivity index (χ4v) is 3.18. The molecule has 1 heterocycles. The Hall–Kier alpha value is -1.40. The average Bonchev–Trinajstić information content (AvgIpc) is 2.85. The van der Waals surface area contributed by atoms with Crippen LogP contribution in [-0.2, 0) is 12.2 Å². The van der Waals surface area contributed by atoms with Gasteiger partial charge in [0.05, 0.1) is 0 Å². The second-order valence-electron chi connectivity index (χ2n) is 4.02. The number of hydrogen-bond donors (Lipinski definition) is 1. The van der Waals surface area contributed by atoms with Gasteiger partial charge in [-0.1, -0.05) is 18.7 Å². The number of phenols is 1. The number of aryl methyl sites for hydroxylation is 1. The van der Waals surface area contributed by atoms with Crippen LogP contribution in [0, 0.1) is 0 Å². The number of phenolic OH excluding ortho intramolecular Hbond substituents is 1. The first-order chi connectivity index (χ1) is 9.10. The zero-order valence-corrected chi connectivity index (χ0v) is 12.3. The minimum atomic E-state index is -0.00423. The molecule has 6 heteroatoms. The van der Waals surface area contributed by atoms with Gasteiger partial charge in [0, 0.05) is 23.3 Å². The lowest BCUT2D eigenvalue weighted by Gasteiger charge is -2.04. The molecule has 0 radical (unpaired) electrons. The van der Waals surface area contributed by atoms with Gasteiger partial charge in [-0.3, -0.25) is 4.79 Å². The molecule has 0 atom stereocenters. The number of thioether (sulfide) groups is 1. The fraction of sp³-hybridized carbons (Fsp3) is 0.308. The Labute approximate surface area is 120 Å². The lowest BCUT2D eigenvalue weighted by atomic mass is 10.1. The summed E-state index contributed by atoms with van der Waals surface area (Å²) in [6, 6.07) is 4.92. The topological polar surface area (TPSA) is 63.1 Å². The molecule has 4 nitrogen and oxygen atoms in total. The minimum Gasteiger partial charge on any atom is -0.508 e. The molecule has 0 spiro atoms. The number of hydrogen-bond acceptors (Lipinski definition) is 6.